The summed E-state index contributed by atoms with van der Waals surface area (Å²) in [6.45, 7) is 3.02. The Morgan fingerprint density at radius 3 is 2.72 bits per heavy atom. The van der Waals surface area contributed by atoms with Crippen LogP contribution in [-0.4, -0.2) is 40.0 Å². The van der Waals surface area contributed by atoms with Crippen LogP contribution in [-0.2, 0) is 4.74 Å². The second kappa shape index (κ2) is 7.84. The highest BCUT2D eigenvalue weighted by Crippen LogP contribution is 2.33. The molecule has 0 aliphatic carbocycles. The molecule has 29 heavy (non-hydrogen) atoms. The number of aromatic nitrogens is 4. The van der Waals surface area contributed by atoms with E-state index in [1.165, 1.54) is 12.1 Å². The third kappa shape index (κ3) is 3.74. The summed E-state index contributed by atoms with van der Waals surface area (Å²) in [5.74, 6) is 0.420. The molecule has 3 N–H and O–H groups in total. The lowest BCUT2D eigenvalue weighted by atomic mass is 10.1. The minimum absolute atomic E-state index is 0.354. The topological polar surface area (TPSA) is 90.9 Å². The van der Waals surface area contributed by atoms with Crippen LogP contribution in [0.4, 0.5) is 16.2 Å². The molecule has 0 bridgehead atoms. The highest BCUT2D eigenvalue weighted by atomic mass is 19.1. The number of aryl methyl sites for hydroxylation is 1. The van der Waals surface area contributed by atoms with Crippen molar-refractivity contribution in [3.05, 3.63) is 59.9 Å². The number of nitrogens with zero attached hydrogens (tertiary/aromatic N) is 4. The first kappa shape index (κ1) is 18.8. The van der Waals surface area contributed by atoms with E-state index in [1.807, 2.05) is 31.2 Å². The largest absolute Gasteiger partial charge is 0.383 e. The van der Waals surface area contributed by atoms with E-state index in [0.29, 0.717) is 47.2 Å². The molecule has 2 aromatic carbocycles. The Hall–Kier alpha value is -3.52. The van der Waals surface area contributed by atoms with Crippen LogP contribution in [0.15, 0.2) is 48.5 Å². The minimum Gasteiger partial charge on any atom is -0.383 e. The Balaban J connectivity index is 1.92. The Labute approximate surface area is 167 Å². The van der Waals surface area contributed by atoms with Crippen molar-refractivity contribution in [1.82, 2.24) is 19.7 Å². The van der Waals surface area contributed by atoms with Crippen LogP contribution in [0.2, 0.25) is 0 Å². The molecule has 2 aromatic heterocycles. The number of hydrogen-bond acceptors (Lipinski definition) is 6. The smallest absolute Gasteiger partial charge is 0.225 e. The summed E-state index contributed by atoms with van der Waals surface area (Å²) in [6, 6.07) is 14.1. The molecule has 7 nitrogen and oxygen atoms in total. The van der Waals surface area contributed by atoms with Gasteiger partial charge in [0.05, 0.1) is 23.4 Å². The molecule has 0 atom stereocenters. The monoisotopic (exact) mass is 392 g/mol. The first-order valence-corrected chi connectivity index (χ1v) is 9.19. The van der Waals surface area contributed by atoms with E-state index in [4.69, 9.17) is 10.5 Å². The fraction of sp³-hybridized carbons (Fsp3) is 0.190. The zero-order chi connectivity index (χ0) is 20.4. The molecule has 0 aliphatic heterocycles. The van der Waals surface area contributed by atoms with Gasteiger partial charge in [-0.15, -0.1) is 5.10 Å². The normalized spacial score (nSPS) is 11.1. The van der Waals surface area contributed by atoms with Crippen molar-refractivity contribution in [2.45, 2.75) is 6.92 Å². The number of nitrogens with one attached hydrogen (secondary N) is 1. The van der Waals surface area contributed by atoms with Crippen LogP contribution in [0.1, 0.15) is 5.56 Å². The number of fused-ring (bicyclic) bond motifs is 1. The SMILES string of the molecule is COCCNc1nc(-c2cccc(F)c2)c2c(N)n(-c3cccc(C)c3)nc2n1. The lowest BCUT2D eigenvalue weighted by molar-refractivity contribution is 0.210. The number of nitrogens with two attached hydrogens (primary N) is 1. The highest BCUT2D eigenvalue weighted by molar-refractivity contribution is 5.99. The van der Waals surface area contributed by atoms with E-state index < -0.39 is 0 Å². The molecule has 0 fully saturated rings. The summed E-state index contributed by atoms with van der Waals surface area (Å²) in [7, 11) is 1.62. The molecule has 2 heterocycles. The lowest BCUT2D eigenvalue weighted by Gasteiger charge is -2.08. The van der Waals surface area contributed by atoms with Crippen molar-refractivity contribution in [2.24, 2.45) is 0 Å². The number of benzene rings is 2. The van der Waals surface area contributed by atoms with E-state index >= 15 is 0 Å². The van der Waals surface area contributed by atoms with Gasteiger partial charge in [-0.3, -0.25) is 0 Å². The number of methoxy groups -OCH3 is 1. The van der Waals surface area contributed by atoms with E-state index in [0.717, 1.165) is 11.3 Å². The highest BCUT2D eigenvalue weighted by Gasteiger charge is 2.19. The maximum absolute atomic E-state index is 13.9. The standard InChI is InChI=1S/C21H21FN6O/c1-13-5-3-8-16(11-13)28-19(23)17-18(14-6-4-7-15(22)12-14)25-21(24-9-10-29-2)26-20(17)27-28/h3-8,11-12H,9-10,23H2,1-2H3,(H,24,26,27). The van der Waals surface area contributed by atoms with Gasteiger partial charge in [-0.2, -0.15) is 4.98 Å². The second-order valence-corrected chi connectivity index (χ2v) is 6.66. The van der Waals surface area contributed by atoms with Gasteiger partial charge in [-0.05, 0) is 36.8 Å². The van der Waals surface area contributed by atoms with Crippen LogP contribution < -0.4 is 11.1 Å². The number of hydrogen-bond donors (Lipinski definition) is 2. The lowest BCUT2D eigenvalue weighted by Crippen LogP contribution is -2.10. The minimum atomic E-state index is -0.354. The van der Waals surface area contributed by atoms with Crippen molar-refractivity contribution in [2.75, 3.05) is 31.3 Å². The van der Waals surface area contributed by atoms with Gasteiger partial charge in [0.15, 0.2) is 5.65 Å². The molecule has 0 spiro atoms. The van der Waals surface area contributed by atoms with Gasteiger partial charge >= 0.3 is 0 Å². The zero-order valence-corrected chi connectivity index (χ0v) is 16.2. The van der Waals surface area contributed by atoms with Gasteiger partial charge in [0.25, 0.3) is 0 Å². The third-order valence-electron chi connectivity index (χ3n) is 4.50. The van der Waals surface area contributed by atoms with Crippen LogP contribution in [0, 0.1) is 12.7 Å². The van der Waals surface area contributed by atoms with Gasteiger partial charge < -0.3 is 15.8 Å². The Kier molecular flexibility index (Phi) is 5.09. The van der Waals surface area contributed by atoms with Gasteiger partial charge in [-0.25, -0.2) is 14.1 Å². The average Bonchev–Trinajstić information content (AvgIpc) is 3.04. The van der Waals surface area contributed by atoms with Crippen LogP contribution in [0.5, 0.6) is 0 Å². The van der Waals surface area contributed by atoms with Gasteiger partial charge in [0.2, 0.25) is 5.95 Å². The third-order valence-corrected chi connectivity index (χ3v) is 4.50. The van der Waals surface area contributed by atoms with Crippen LogP contribution in [0.25, 0.3) is 28.0 Å². The van der Waals surface area contributed by atoms with Crippen molar-refractivity contribution >= 4 is 22.8 Å². The Morgan fingerprint density at radius 1 is 1.14 bits per heavy atom. The van der Waals surface area contributed by atoms with Gasteiger partial charge in [0, 0.05) is 19.2 Å². The number of anilines is 2. The maximum atomic E-state index is 13.9. The summed E-state index contributed by atoms with van der Waals surface area (Å²) in [5.41, 5.74) is 9.91. The Bertz CT molecular complexity index is 1170. The molecule has 148 valence electrons. The quantitative estimate of drug-likeness (QED) is 0.488. The molecular weight excluding hydrogens is 371 g/mol. The number of nitrogen functional groups attached to an aromatic ring is 1. The van der Waals surface area contributed by atoms with Gasteiger partial charge in [-0.1, -0.05) is 24.3 Å². The number of ether oxygens (including phenoxy) is 1. The van der Waals surface area contributed by atoms with Crippen molar-refractivity contribution in [3.63, 3.8) is 0 Å². The fourth-order valence-corrected chi connectivity index (χ4v) is 3.16. The van der Waals surface area contributed by atoms with E-state index in [9.17, 15) is 4.39 Å². The molecule has 0 saturated heterocycles. The molecule has 0 unspecified atom stereocenters. The maximum Gasteiger partial charge on any atom is 0.225 e. The summed E-state index contributed by atoms with van der Waals surface area (Å²) in [5, 5.41) is 8.28. The first-order valence-electron chi connectivity index (χ1n) is 9.19. The van der Waals surface area contributed by atoms with Crippen LogP contribution >= 0.6 is 0 Å². The summed E-state index contributed by atoms with van der Waals surface area (Å²) < 4.78 is 20.6. The van der Waals surface area contributed by atoms with E-state index in [-0.39, 0.29) is 5.82 Å². The molecule has 0 radical (unpaired) electrons. The number of rotatable bonds is 6. The molecule has 8 heteroatoms. The summed E-state index contributed by atoms with van der Waals surface area (Å²) >= 11 is 0. The van der Waals surface area contributed by atoms with Crippen molar-refractivity contribution < 1.29 is 9.13 Å². The van der Waals surface area contributed by atoms with Crippen molar-refractivity contribution in [1.29, 1.82) is 0 Å². The fourth-order valence-electron chi connectivity index (χ4n) is 3.16. The molecule has 4 aromatic rings. The Morgan fingerprint density at radius 2 is 1.97 bits per heavy atom. The van der Waals surface area contributed by atoms with Crippen molar-refractivity contribution in [3.8, 4) is 16.9 Å². The molecule has 0 saturated carbocycles. The summed E-state index contributed by atoms with van der Waals surface area (Å²) in [6.07, 6.45) is 0. The first-order chi connectivity index (χ1) is 14.1. The predicted molar refractivity (Wildman–Crippen MR) is 112 cm³/mol. The zero-order valence-electron chi connectivity index (χ0n) is 16.2. The van der Waals surface area contributed by atoms with E-state index in [1.54, 1.807) is 23.9 Å². The van der Waals surface area contributed by atoms with E-state index in [2.05, 4.69) is 20.4 Å². The predicted octanol–water partition coefficient (Wildman–Crippen LogP) is 3.57. The molecule has 4 rings (SSSR count). The molecule has 0 aliphatic rings. The molecular formula is C21H21FN6O. The van der Waals surface area contributed by atoms with Crippen LogP contribution in [0.3, 0.4) is 0 Å². The average molecular weight is 392 g/mol. The summed E-state index contributed by atoms with van der Waals surface area (Å²) in [4.78, 5) is 9.09. The second-order valence-electron chi connectivity index (χ2n) is 6.66. The van der Waals surface area contributed by atoms with Gasteiger partial charge in [0.1, 0.15) is 11.6 Å². The number of halogens is 1. The molecule has 0 amide bonds.